The average Bonchev–Trinajstić information content (AvgIpc) is 2.74. The molecule has 2 aromatic carbocycles. The zero-order valence-corrected chi connectivity index (χ0v) is 22.1. The first kappa shape index (κ1) is 27.6. The van der Waals surface area contributed by atoms with Gasteiger partial charge in [-0.3, -0.25) is 0 Å². The van der Waals surface area contributed by atoms with Crippen LogP contribution in [0.25, 0.3) is 0 Å². The Morgan fingerprint density at radius 1 is 1.06 bits per heavy atom. The second kappa shape index (κ2) is 11.7. The second-order valence-corrected chi connectivity index (χ2v) is 12.3. The first-order valence-electron chi connectivity index (χ1n) is 11.8. The Balaban J connectivity index is 2.46. The molecule has 1 amide bonds. The number of sulfone groups is 1. The van der Waals surface area contributed by atoms with E-state index in [0.29, 0.717) is 13.0 Å². The monoisotopic (exact) mass is 485 g/mol. The highest BCUT2D eigenvalue weighted by Crippen LogP contribution is 2.28. The quantitative estimate of drug-likeness (QED) is 0.364. The van der Waals surface area contributed by atoms with Crippen molar-refractivity contribution in [2.75, 3.05) is 5.75 Å². The van der Waals surface area contributed by atoms with Gasteiger partial charge in [-0.05, 0) is 57.7 Å². The molecule has 2 rings (SSSR count). The van der Waals surface area contributed by atoms with Gasteiger partial charge in [0, 0.05) is 18.5 Å². The smallest absolute Gasteiger partial charge is 0.410 e. The Morgan fingerprint density at radius 3 is 2.15 bits per heavy atom. The highest BCUT2D eigenvalue weighted by Gasteiger charge is 2.35. The molecule has 5 nitrogen and oxygen atoms in total. The third-order valence-corrected chi connectivity index (χ3v) is 7.34. The van der Waals surface area contributed by atoms with Crippen molar-refractivity contribution in [3.8, 4) is 0 Å². The topological polar surface area (TPSA) is 63.7 Å². The van der Waals surface area contributed by atoms with Crippen molar-refractivity contribution < 1.29 is 17.9 Å². The minimum absolute atomic E-state index is 0.134. The lowest BCUT2D eigenvalue weighted by Gasteiger charge is -2.38. The summed E-state index contributed by atoms with van der Waals surface area (Å²) in [5.74, 6) is -0.370. The molecule has 2 aromatic rings. The summed E-state index contributed by atoms with van der Waals surface area (Å²) in [6.45, 7) is 15.8. The van der Waals surface area contributed by atoms with E-state index in [1.54, 1.807) is 35.2 Å². The lowest BCUT2D eigenvalue weighted by atomic mass is 9.91. The molecule has 0 fully saturated rings. The predicted molar refractivity (Wildman–Crippen MR) is 138 cm³/mol. The number of hydrogen-bond donors (Lipinski definition) is 0. The number of amides is 1. The molecule has 0 saturated heterocycles. The lowest BCUT2D eigenvalue weighted by molar-refractivity contribution is 0.00770. The number of hydrogen-bond acceptors (Lipinski definition) is 4. The van der Waals surface area contributed by atoms with Crippen molar-refractivity contribution >= 4 is 15.9 Å². The van der Waals surface area contributed by atoms with E-state index in [1.165, 1.54) is 0 Å². The summed E-state index contributed by atoms with van der Waals surface area (Å²) >= 11 is 0. The maximum absolute atomic E-state index is 13.4. The molecule has 186 valence electrons. The molecule has 0 unspecified atom stereocenters. The fraction of sp³-hybridized carbons (Fsp3) is 0.464. The van der Waals surface area contributed by atoms with Gasteiger partial charge in [0.1, 0.15) is 5.60 Å². The van der Waals surface area contributed by atoms with E-state index in [2.05, 4.69) is 20.4 Å². The zero-order valence-electron chi connectivity index (χ0n) is 21.3. The molecular formula is C28H39NO4S. The summed E-state index contributed by atoms with van der Waals surface area (Å²) in [6.07, 6.45) is 1.83. The third-order valence-electron chi connectivity index (χ3n) is 5.53. The van der Waals surface area contributed by atoms with E-state index in [-0.39, 0.29) is 16.6 Å². The van der Waals surface area contributed by atoms with Crippen molar-refractivity contribution in [1.29, 1.82) is 0 Å². The maximum atomic E-state index is 13.4. The zero-order chi connectivity index (χ0) is 25.5. The van der Waals surface area contributed by atoms with E-state index in [1.807, 2.05) is 58.0 Å². The second-order valence-electron chi connectivity index (χ2n) is 10.3. The van der Waals surface area contributed by atoms with Gasteiger partial charge in [0.2, 0.25) is 0 Å². The molecule has 0 saturated carbocycles. The molecule has 0 heterocycles. The van der Waals surface area contributed by atoms with Gasteiger partial charge in [-0.15, -0.1) is 6.58 Å². The van der Waals surface area contributed by atoms with E-state index in [9.17, 15) is 13.2 Å². The van der Waals surface area contributed by atoms with E-state index in [4.69, 9.17) is 4.74 Å². The van der Waals surface area contributed by atoms with Gasteiger partial charge >= 0.3 is 6.09 Å². The normalized spacial score (nSPS) is 13.9. The SMILES string of the molecule is C=C[C@@H](CS(=O)(=O)c1ccc(C)cc1)[C@H](CC(C)C)N(Cc1ccccc1)C(=O)OC(C)(C)C. The fourth-order valence-corrected chi connectivity index (χ4v) is 5.47. The lowest BCUT2D eigenvalue weighted by Crippen LogP contribution is -2.48. The minimum atomic E-state index is -3.59. The Morgan fingerprint density at radius 2 is 1.65 bits per heavy atom. The fourth-order valence-electron chi connectivity index (χ4n) is 3.87. The predicted octanol–water partition coefficient (Wildman–Crippen LogP) is 6.42. The first-order chi connectivity index (χ1) is 15.8. The minimum Gasteiger partial charge on any atom is -0.444 e. The summed E-state index contributed by atoms with van der Waals surface area (Å²) in [7, 11) is -3.59. The molecule has 0 aliphatic rings. The molecule has 34 heavy (non-hydrogen) atoms. The number of aryl methyl sites for hydroxylation is 1. The summed E-state index contributed by atoms with van der Waals surface area (Å²) in [6, 6.07) is 16.1. The Labute approximate surface area is 205 Å². The van der Waals surface area contributed by atoms with Gasteiger partial charge in [-0.25, -0.2) is 13.2 Å². The Hall–Kier alpha value is -2.60. The highest BCUT2D eigenvalue weighted by molar-refractivity contribution is 7.91. The average molecular weight is 486 g/mol. The molecule has 0 spiro atoms. The first-order valence-corrected chi connectivity index (χ1v) is 13.4. The van der Waals surface area contributed by atoms with Crippen LogP contribution in [-0.2, 0) is 21.1 Å². The van der Waals surface area contributed by atoms with Crippen molar-refractivity contribution in [2.24, 2.45) is 11.8 Å². The van der Waals surface area contributed by atoms with Gasteiger partial charge < -0.3 is 9.64 Å². The van der Waals surface area contributed by atoms with Crippen LogP contribution in [0.2, 0.25) is 0 Å². The molecule has 0 aliphatic carbocycles. The maximum Gasteiger partial charge on any atom is 0.410 e. The summed E-state index contributed by atoms with van der Waals surface area (Å²) < 4.78 is 32.4. The Bertz CT molecular complexity index is 1040. The van der Waals surface area contributed by atoms with Crippen molar-refractivity contribution in [3.05, 3.63) is 78.4 Å². The number of benzene rings is 2. The van der Waals surface area contributed by atoms with Crippen LogP contribution in [0.3, 0.4) is 0 Å². The van der Waals surface area contributed by atoms with Gasteiger partial charge in [-0.1, -0.05) is 68.0 Å². The van der Waals surface area contributed by atoms with Crippen LogP contribution < -0.4 is 0 Å². The van der Waals surface area contributed by atoms with Crippen LogP contribution in [0.4, 0.5) is 4.79 Å². The van der Waals surface area contributed by atoms with Crippen LogP contribution in [0, 0.1) is 18.8 Å². The molecular weight excluding hydrogens is 446 g/mol. The van der Waals surface area contributed by atoms with Crippen molar-refractivity contribution in [2.45, 2.75) is 71.0 Å². The molecule has 0 aliphatic heterocycles. The van der Waals surface area contributed by atoms with Gasteiger partial charge in [0.25, 0.3) is 0 Å². The molecule has 0 N–H and O–H groups in total. The van der Waals surface area contributed by atoms with E-state index in [0.717, 1.165) is 11.1 Å². The van der Waals surface area contributed by atoms with Crippen molar-refractivity contribution in [1.82, 2.24) is 4.90 Å². The molecule has 0 radical (unpaired) electrons. The van der Waals surface area contributed by atoms with Gasteiger partial charge in [0.15, 0.2) is 9.84 Å². The van der Waals surface area contributed by atoms with Crippen molar-refractivity contribution in [3.63, 3.8) is 0 Å². The summed E-state index contributed by atoms with van der Waals surface area (Å²) in [4.78, 5) is 15.4. The molecule has 0 aromatic heterocycles. The number of nitrogens with zero attached hydrogens (tertiary/aromatic N) is 1. The highest BCUT2D eigenvalue weighted by atomic mass is 32.2. The summed E-state index contributed by atoms with van der Waals surface area (Å²) in [5, 5.41) is 0. The van der Waals surface area contributed by atoms with Crippen LogP contribution in [-0.4, -0.2) is 36.8 Å². The van der Waals surface area contributed by atoms with Gasteiger partial charge in [-0.2, -0.15) is 0 Å². The summed E-state index contributed by atoms with van der Waals surface area (Å²) in [5.41, 5.74) is 1.27. The number of carbonyl (C=O) groups excluding carboxylic acids is 1. The molecule has 2 atom stereocenters. The van der Waals surface area contributed by atoms with Gasteiger partial charge in [0.05, 0.1) is 10.6 Å². The van der Waals surface area contributed by atoms with Crippen LogP contribution in [0.1, 0.15) is 52.2 Å². The number of ether oxygens (including phenoxy) is 1. The Kier molecular flexibility index (Phi) is 9.51. The standard InChI is InChI=1S/C28H39NO4S/c1-8-24(20-34(31,32)25-16-14-22(4)15-17-25)26(18-21(2)3)29(27(30)33-28(5,6)7)19-23-12-10-9-11-13-23/h8-17,21,24,26H,1,18-20H2,2-7H3/t24-,26-/m0/s1. The largest absolute Gasteiger partial charge is 0.444 e. The van der Waals surface area contributed by atoms with Crippen LogP contribution in [0.15, 0.2) is 72.1 Å². The van der Waals surface area contributed by atoms with E-state index < -0.39 is 33.5 Å². The molecule has 0 bridgehead atoms. The third kappa shape index (κ3) is 8.32. The van der Waals surface area contributed by atoms with E-state index >= 15 is 0 Å². The molecule has 6 heteroatoms. The van der Waals surface area contributed by atoms with Crippen LogP contribution in [0.5, 0.6) is 0 Å². The van der Waals surface area contributed by atoms with Crippen LogP contribution >= 0.6 is 0 Å². The number of carbonyl (C=O) groups is 1. The number of rotatable bonds is 10.